The Morgan fingerprint density at radius 2 is 1.92 bits per heavy atom. The average Bonchev–Trinajstić information content (AvgIpc) is 2.56. The minimum absolute atomic E-state index is 0.0524. The van der Waals surface area contributed by atoms with Crippen LogP contribution in [0.4, 0.5) is 5.69 Å². The molecule has 2 aromatic rings. The van der Waals surface area contributed by atoms with Gasteiger partial charge >= 0.3 is 0 Å². The van der Waals surface area contributed by atoms with Gasteiger partial charge in [0.2, 0.25) is 5.91 Å². The molecule has 2 rings (SSSR count). The molecule has 0 aromatic heterocycles. The van der Waals surface area contributed by atoms with Crippen LogP contribution in [0.1, 0.15) is 11.1 Å². The number of aryl methyl sites for hydroxylation is 1. The van der Waals surface area contributed by atoms with Crippen molar-refractivity contribution in [2.75, 3.05) is 25.5 Å². The molecule has 24 heavy (non-hydrogen) atoms. The first-order valence-electron chi connectivity index (χ1n) is 7.77. The van der Waals surface area contributed by atoms with Crippen molar-refractivity contribution in [1.82, 2.24) is 4.90 Å². The molecule has 0 radical (unpaired) electrons. The molecule has 1 amide bonds. The van der Waals surface area contributed by atoms with Gasteiger partial charge in [0, 0.05) is 17.8 Å². The smallest absolute Gasteiger partial charge is 0.238 e. The second-order valence-electron chi connectivity index (χ2n) is 5.69. The van der Waals surface area contributed by atoms with Crippen molar-refractivity contribution in [3.8, 4) is 18.1 Å². The summed E-state index contributed by atoms with van der Waals surface area (Å²) in [7, 11) is 1.90. The summed E-state index contributed by atoms with van der Waals surface area (Å²) in [5.74, 6) is 3.16. The highest BCUT2D eigenvalue weighted by Gasteiger charge is 2.10. The second kappa shape index (κ2) is 8.76. The van der Waals surface area contributed by atoms with Crippen molar-refractivity contribution in [3.05, 3.63) is 59.7 Å². The van der Waals surface area contributed by atoms with E-state index in [1.54, 1.807) is 0 Å². The van der Waals surface area contributed by atoms with E-state index in [0.717, 1.165) is 22.6 Å². The first kappa shape index (κ1) is 17.6. The lowest BCUT2D eigenvalue weighted by molar-refractivity contribution is -0.117. The lowest BCUT2D eigenvalue weighted by Crippen LogP contribution is -2.30. The van der Waals surface area contributed by atoms with Crippen molar-refractivity contribution in [1.29, 1.82) is 0 Å². The van der Waals surface area contributed by atoms with Crippen LogP contribution in [0.25, 0.3) is 0 Å². The third-order valence-corrected chi connectivity index (χ3v) is 3.47. The average molecular weight is 322 g/mol. The number of likely N-dealkylation sites (N-methyl/N-ethyl adjacent to an activating group) is 1. The Morgan fingerprint density at radius 3 is 2.62 bits per heavy atom. The molecule has 4 heteroatoms. The van der Waals surface area contributed by atoms with Gasteiger partial charge in [0.05, 0.1) is 6.54 Å². The molecule has 0 saturated heterocycles. The Labute approximate surface area is 143 Å². The van der Waals surface area contributed by atoms with E-state index >= 15 is 0 Å². The summed E-state index contributed by atoms with van der Waals surface area (Å²) in [4.78, 5) is 14.1. The number of para-hydroxylation sites is 1. The summed E-state index contributed by atoms with van der Waals surface area (Å²) in [6.45, 7) is 3.13. The van der Waals surface area contributed by atoms with Gasteiger partial charge in [-0.3, -0.25) is 9.69 Å². The molecular formula is C20H22N2O2. The molecular weight excluding hydrogens is 300 g/mol. The van der Waals surface area contributed by atoms with Gasteiger partial charge in [-0.2, -0.15) is 0 Å². The van der Waals surface area contributed by atoms with E-state index in [1.807, 2.05) is 67.4 Å². The molecule has 0 aliphatic carbocycles. The van der Waals surface area contributed by atoms with E-state index < -0.39 is 0 Å². The van der Waals surface area contributed by atoms with Crippen LogP contribution >= 0.6 is 0 Å². The third kappa shape index (κ3) is 5.45. The molecule has 0 bridgehead atoms. The minimum Gasteiger partial charge on any atom is -0.481 e. The number of carbonyl (C=O) groups excluding carboxylic acids is 1. The SMILES string of the molecule is C#CCOc1ccccc1CN(C)CC(=O)Nc1ccc(C)cc1. The topological polar surface area (TPSA) is 41.6 Å². The summed E-state index contributed by atoms with van der Waals surface area (Å²) in [6.07, 6.45) is 5.24. The third-order valence-electron chi connectivity index (χ3n) is 3.47. The molecule has 1 N–H and O–H groups in total. The van der Waals surface area contributed by atoms with Gasteiger partial charge in [0.15, 0.2) is 0 Å². The second-order valence-corrected chi connectivity index (χ2v) is 5.69. The highest BCUT2D eigenvalue weighted by atomic mass is 16.5. The zero-order chi connectivity index (χ0) is 17.4. The standard InChI is InChI=1S/C20H22N2O2/c1-4-13-24-19-8-6-5-7-17(19)14-22(3)15-20(23)21-18-11-9-16(2)10-12-18/h1,5-12H,13-15H2,2-3H3,(H,21,23). The summed E-state index contributed by atoms with van der Waals surface area (Å²) < 4.78 is 5.54. The number of nitrogens with zero attached hydrogens (tertiary/aromatic N) is 1. The highest BCUT2D eigenvalue weighted by Crippen LogP contribution is 2.19. The highest BCUT2D eigenvalue weighted by molar-refractivity contribution is 5.92. The summed E-state index contributed by atoms with van der Waals surface area (Å²) in [5.41, 5.74) is 2.96. The lowest BCUT2D eigenvalue weighted by atomic mass is 10.2. The molecule has 0 heterocycles. The van der Waals surface area contributed by atoms with E-state index in [2.05, 4.69) is 11.2 Å². The van der Waals surface area contributed by atoms with Gasteiger partial charge < -0.3 is 10.1 Å². The maximum atomic E-state index is 12.1. The quantitative estimate of drug-likeness (QED) is 0.797. The number of carbonyl (C=O) groups is 1. The van der Waals surface area contributed by atoms with Crippen molar-refractivity contribution in [2.45, 2.75) is 13.5 Å². The molecule has 0 atom stereocenters. The zero-order valence-electron chi connectivity index (χ0n) is 14.1. The van der Waals surface area contributed by atoms with Crippen LogP contribution in [0.15, 0.2) is 48.5 Å². The fourth-order valence-electron chi connectivity index (χ4n) is 2.32. The van der Waals surface area contributed by atoms with Gasteiger partial charge in [0.1, 0.15) is 12.4 Å². The number of amides is 1. The van der Waals surface area contributed by atoms with Gasteiger partial charge in [-0.1, -0.05) is 41.8 Å². The molecule has 0 unspecified atom stereocenters. The summed E-state index contributed by atoms with van der Waals surface area (Å²) in [6, 6.07) is 15.4. The Bertz CT molecular complexity index is 717. The largest absolute Gasteiger partial charge is 0.481 e. The van der Waals surface area contributed by atoms with Gasteiger partial charge in [-0.15, -0.1) is 6.42 Å². The minimum atomic E-state index is -0.0524. The first-order valence-corrected chi connectivity index (χ1v) is 7.77. The van der Waals surface area contributed by atoms with E-state index in [1.165, 1.54) is 0 Å². The van der Waals surface area contributed by atoms with E-state index in [9.17, 15) is 4.79 Å². The molecule has 0 saturated carbocycles. The lowest BCUT2D eigenvalue weighted by Gasteiger charge is -2.18. The maximum Gasteiger partial charge on any atom is 0.238 e. The number of anilines is 1. The monoisotopic (exact) mass is 322 g/mol. The van der Waals surface area contributed by atoms with Crippen LogP contribution in [0, 0.1) is 19.3 Å². The van der Waals surface area contributed by atoms with Gasteiger partial charge in [-0.25, -0.2) is 0 Å². The number of terminal acetylenes is 1. The molecule has 0 spiro atoms. The Balaban J connectivity index is 1.91. The maximum absolute atomic E-state index is 12.1. The molecule has 0 fully saturated rings. The number of nitrogens with one attached hydrogen (secondary N) is 1. The number of rotatable bonds is 7. The molecule has 124 valence electrons. The predicted molar refractivity (Wildman–Crippen MR) is 96.9 cm³/mol. The fraction of sp³-hybridized carbons (Fsp3) is 0.250. The van der Waals surface area contributed by atoms with Gasteiger partial charge in [0.25, 0.3) is 0 Å². The first-order chi connectivity index (χ1) is 11.6. The van der Waals surface area contributed by atoms with Crippen LogP contribution < -0.4 is 10.1 Å². The van der Waals surface area contributed by atoms with Crippen LogP contribution in [0.5, 0.6) is 5.75 Å². The Hall–Kier alpha value is -2.77. The normalized spacial score (nSPS) is 10.2. The van der Waals surface area contributed by atoms with Crippen molar-refractivity contribution in [2.24, 2.45) is 0 Å². The predicted octanol–water partition coefficient (Wildman–Crippen LogP) is 3.08. The number of ether oxygens (including phenoxy) is 1. The zero-order valence-corrected chi connectivity index (χ0v) is 14.1. The van der Waals surface area contributed by atoms with Crippen molar-refractivity contribution >= 4 is 11.6 Å². The van der Waals surface area contributed by atoms with E-state index in [-0.39, 0.29) is 19.1 Å². The fourth-order valence-corrected chi connectivity index (χ4v) is 2.32. The number of hydrogen-bond donors (Lipinski definition) is 1. The van der Waals surface area contributed by atoms with E-state index in [4.69, 9.17) is 11.2 Å². The number of benzene rings is 2. The van der Waals surface area contributed by atoms with Crippen LogP contribution in [-0.4, -0.2) is 31.0 Å². The molecule has 4 nitrogen and oxygen atoms in total. The number of hydrogen-bond acceptors (Lipinski definition) is 3. The van der Waals surface area contributed by atoms with Gasteiger partial charge in [-0.05, 0) is 32.2 Å². The Kier molecular flexibility index (Phi) is 6.41. The van der Waals surface area contributed by atoms with Crippen LogP contribution in [0.3, 0.4) is 0 Å². The molecule has 0 aliphatic heterocycles. The summed E-state index contributed by atoms with van der Waals surface area (Å²) in [5, 5.41) is 2.90. The Morgan fingerprint density at radius 1 is 1.21 bits per heavy atom. The van der Waals surface area contributed by atoms with Crippen molar-refractivity contribution in [3.63, 3.8) is 0 Å². The van der Waals surface area contributed by atoms with Crippen LogP contribution in [0.2, 0.25) is 0 Å². The van der Waals surface area contributed by atoms with Crippen molar-refractivity contribution < 1.29 is 9.53 Å². The summed E-state index contributed by atoms with van der Waals surface area (Å²) >= 11 is 0. The molecule has 0 aliphatic rings. The van der Waals surface area contributed by atoms with Crippen LogP contribution in [-0.2, 0) is 11.3 Å². The molecule has 2 aromatic carbocycles. The van der Waals surface area contributed by atoms with E-state index in [0.29, 0.717) is 6.54 Å².